The molecule has 4 N–H and O–H groups in total. The molecule has 0 aliphatic carbocycles. The third-order valence-electron chi connectivity index (χ3n) is 9.36. The molecular weight excluding hydrogens is 518 g/mol. The van der Waals surface area contributed by atoms with Crippen LogP contribution in [0.1, 0.15) is 203 Å². The summed E-state index contributed by atoms with van der Waals surface area (Å²) in [5.74, 6) is 0. The van der Waals surface area contributed by atoms with Crippen molar-refractivity contribution in [2.24, 2.45) is 10.8 Å². The number of hydrogen-bond donors (Lipinski definition) is 2. The number of rotatable bonds is 27. The molecule has 0 aromatic heterocycles. The molecule has 0 aromatic rings. The van der Waals surface area contributed by atoms with Gasteiger partial charge in [-0.2, -0.15) is 0 Å². The van der Waals surface area contributed by atoms with Gasteiger partial charge in [0, 0.05) is 6.54 Å². The minimum Gasteiger partial charge on any atom is -0.412 e. The molecule has 1 fully saturated rings. The van der Waals surface area contributed by atoms with E-state index in [2.05, 4.69) is 50.2 Å². The summed E-state index contributed by atoms with van der Waals surface area (Å²) in [6.07, 6.45) is 35.4. The van der Waals surface area contributed by atoms with Crippen LogP contribution in [-0.2, 0) is 0 Å². The van der Waals surface area contributed by atoms with Crippen LogP contribution in [0.5, 0.6) is 0 Å². The van der Waals surface area contributed by atoms with E-state index in [1.165, 1.54) is 161 Å². The third kappa shape index (κ3) is 24.6. The molecule has 1 rings (SSSR count). The average Bonchev–Trinajstić information content (AvgIpc) is 2.92. The maximum Gasteiger partial charge on any atom is 0.316 e. The molecule has 5 nitrogen and oxygen atoms in total. The summed E-state index contributed by atoms with van der Waals surface area (Å²) in [5.41, 5.74) is 1.07. The van der Waals surface area contributed by atoms with E-state index in [1.807, 2.05) is 0 Å². The molecule has 42 heavy (non-hydrogen) atoms. The first-order valence-electron chi connectivity index (χ1n) is 18.0. The summed E-state index contributed by atoms with van der Waals surface area (Å²) < 4.78 is 0. The molecule has 5 heteroatoms. The Hall–Kier alpha value is -0.810. The molecule has 0 spiro atoms. The van der Waals surface area contributed by atoms with Crippen molar-refractivity contribution in [2.45, 2.75) is 203 Å². The lowest BCUT2D eigenvalue weighted by Gasteiger charge is -2.35. The van der Waals surface area contributed by atoms with Crippen molar-refractivity contribution < 1.29 is 10.3 Å². The first-order valence-corrected chi connectivity index (χ1v) is 18.0. The van der Waals surface area contributed by atoms with Gasteiger partial charge in [-0.1, -0.05) is 164 Å². The number of hydrogen-bond acceptors (Lipinski definition) is 2. The van der Waals surface area contributed by atoms with Crippen molar-refractivity contribution in [2.75, 3.05) is 19.9 Å². The van der Waals surface area contributed by atoms with Crippen LogP contribution in [0.15, 0.2) is 0 Å². The van der Waals surface area contributed by atoms with E-state index >= 15 is 0 Å². The minimum atomic E-state index is -0.0319. The monoisotopic (exact) mass is 598 g/mol. The Kier molecular flexibility index (Phi) is 28.6. The Balaban J connectivity index is 0. The Morgan fingerprint density at radius 1 is 0.548 bits per heavy atom. The van der Waals surface area contributed by atoms with Gasteiger partial charge >= 0.3 is 6.03 Å². The highest BCUT2D eigenvalue weighted by atomic mass is 16.2. The number of carbonyl (C=O) groups is 1. The fourth-order valence-electron chi connectivity index (χ4n) is 6.65. The van der Waals surface area contributed by atoms with E-state index in [9.17, 15) is 4.79 Å². The lowest BCUT2D eigenvalue weighted by atomic mass is 9.70. The molecular formula is C37H79N3O2. The summed E-state index contributed by atoms with van der Waals surface area (Å²) in [6, 6.07) is -0.0319. The Labute approximate surface area is 264 Å². The van der Waals surface area contributed by atoms with Crippen LogP contribution in [0.2, 0.25) is 0 Å². The minimum absolute atomic E-state index is 0. The van der Waals surface area contributed by atoms with Gasteiger partial charge in [-0.3, -0.25) is 4.90 Å². The van der Waals surface area contributed by atoms with Crippen LogP contribution in [-0.4, -0.2) is 36.3 Å². The zero-order valence-corrected chi connectivity index (χ0v) is 28.7. The molecule has 1 aliphatic heterocycles. The van der Waals surface area contributed by atoms with Crippen LogP contribution in [0.25, 0.3) is 0 Å². The van der Waals surface area contributed by atoms with Gasteiger partial charge < -0.3 is 16.1 Å². The van der Waals surface area contributed by atoms with Gasteiger partial charge in [0.15, 0.2) is 0 Å². The smallest absolute Gasteiger partial charge is 0.316 e. The standard InChI is InChI=1S/C36H73N3O.CH4.H2O/c1-6-8-10-12-14-17-21-28-36(27-20-16-13-11-9-7-2,30-24-23-26-35(3,4)5)29-22-18-15-19-25-31-39-32-37-34(40)38-33-39;;/h6-33H2,1-5H3,(H2,37,38,40);1H4;1H2. The normalized spacial score (nSPS) is 15.3. The Morgan fingerprint density at radius 2 is 0.881 bits per heavy atom. The van der Waals surface area contributed by atoms with E-state index < -0.39 is 0 Å². The summed E-state index contributed by atoms with van der Waals surface area (Å²) in [5, 5.41) is 5.76. The molecule has 254 valence electrons. The number of unbranched alkanes of at least 4 members (excludes halogenated alkanes) is 16. The van der Waals surface area contributed by atoms with E-state index in [0.717, 1.165) is 6.54 Å². The predicted molar refractivity (Wildman–Crippen MR) is 187 cm³/mol. The Bertz CT molecular complexity index is 582. The van der Waals surface area contributed by atoms with Gasteiger partial charge in [-0.15, -0.1) is 0 Å². The first-order chi connectivity index (χ1) is 19.3. The largest absolute Gasteiger partial charge is 0.412 e. The van der Waals surface area contributed by atoms with Gasteiger partial charge in [0.2, 0.25) is 0 Å². The molecule has 1 unspecified atom stereocenters. The van der Waals surface area contributed by atoms with Crippen molar-refractivity contribution in [3.63, 3.8) is 0 Å². The molecule has 1 atom stereocenters. The zero-order chi connectivity index (χ0) is 29.4. The van der Waals surface area contributed by atoms with E-state index in [4.69, 9.17) is 0 Å². The van der Waals surface area contributed by atoms with Crippen LogP contribution in [0.4, 0.5) is 4.79 Å². The summed E-state index contributed by atoms with van der Waals surface area (Å²) in [6.45, 7) is 14.4. The van der Waals surface area contributed by atoms with E-state index in [0.29, 0.717) is 24.2 Å². The summed E-state index contributed by atoms with van der Waals surface area (Å²) in [7, 11) is 0. The van der Waals surface area contributed by atoms with Gasteiger partial charge in [0.1, 0.15) is 0 Å². The molecule has 0 bridgehead atoms. The quantitative estimate of drug-likeness (QED) is 0.0924. The maximum absolute atomic E-state index is 11.3. The van der Waals surface area contributed by atoms with Gasteiger partial charge in [0.25, 0.3) is 0 Å². The zero-order valence-electron chi connectivity index (χ0n) is 28.7. The highest BCUT2D eigenvalue weighted by Crippen LogP contribution is 2.42. The molecule has 0 aromatic carbocycles. The third-order valence-corrected chi connectivity index (χ3v) is 9.36. The van der Waals surface area contributed by atoms with Crippen molar-refractivity contribution in [1.82, 2.24) is 15.5 Å². The SMILES string of the molecule is C.CCCCCCCCCC(CCCCCCCC)(CCCCCCCN1CNC(=O)NC1)CCCCC(C)(C)C.O. The van der Waals surface area contributed by atoms with Crippen LogP contribution < -0.4 is 10.6 Å². The Morgan fingerprint density at radius 3 is 1.29 bits per heavy atom. The van der Waals surface area contributed by atoms with E-state index in [1.54, 1.807) is 0 Å². The molecule has 1 saturated heterocycles. The van der Waals surface area contributed by atoms with Gasteiger partial charge in [-0.25, -0.2) is 4.79 Å². The second-order valence-electron chi connectivity index (χ2n) is 14.6. The first kappa shape index (κ1) is 43.3. The highest BCUT2D eigenvalue weighted by Gasteiger charge is 2.28. The highest BCUT2D eigenvalue weighted by molar-refractivity contribution is 5.74. The fourth-order valence-corrected chi connectivity index (χ4v) is 6.65. The van der Waals surface area contributed by atoms with Gasteiger partial charge in [0.05, 0.1) is 13.3 Å². The van der Waals surface area contributed by atoms with Crippen LogP contribution in [0.3, 0.4) is 0 Å². The molecule has 1 aliphatic rings. The lowest BCUT2D eigenvalue weighted by molar-refractivity contribution is 0.168. The lowest BCUT2D eigenvalue weighted by Crippen LogP contribution is -2.54. The molecule has 0 saturated carbocycles. The number of nitrogens with zero attached hydrogens (tertiary/aromatic N) is 1. The van der Waals surface area contributed by atoms with Crippen LogP contribution >= 0.6 is 0 Å². The number of urea groups is 1. The summed E-state index contributed by atoms with van der Waals surface area (Å²) in [4.78, 5) is 13.6. The second kappa shape index (κ2) is 27.7. The second-order valence-corrected chi connectivity index (χ2v) is 14.6. The van der Waals surface area contributed by atoms with Gasteiger partial charge in [-0.05, 0) is 49.4 Å². The number of carbonyl (C=O) groups excluding carboxylic acids is 1. The fraction of sp³-hybridized carbons (Fsp3) is 0.973. The van der Waals surface area contributed by atoms with Crippen molar-refractivity contribution in [1.29, 1.82) is 0 Å². The van der Waals surface area contributed by atoms with Crippen molar-refractivity contribution in [3.8, 4) is 0 Å². The topological polar surface area (TPSA) is 75.9 Å². The predicted octanol–water partition coefficient (Wildman–Crippen LogP) is 11.2. The van der Waals surface area contributed by atoms with E-state index in [-0.39, 0.29) is 18.9 Å². The molecule has 1 heterocycles. The van der Waals surface area contributed by atoms with Crippen LogP contribution in [0, 0.1) is 10.8 Å². The maximum atomic E-state index is 11.3. The summed E-state index contributed by atoms with van der Waals surface area (Å²) >= 11 is 0. The van der Waals surface area contributed by atoms with Crippen molar-refractivity contribution >= 4 is 6.03 Å². The molecule has 2 amide bonds. The average molecular weight is 598 g/mol. The molecule has 0 radical (unpaired) electrons. The number of amides is 2. The number of nitrogens with one attached hydrogen (secondary N) is 2. The van der Waals surface area contributed by atoms with Crippen molar-refractivity contribution in [3.05, 3.63) is 0 Å².